The van der Waals surface area contributed by atoms with Crippen LogP contribution in [0.25, 0.3) is 5.69 Å². The maximum absolute atomic E-state index is 13.4. The van der Waals surface area contributed by atoms with Crippen molar-refractivity contribution in [3.05, 3.63) is 83.2 Å². The molecule has 4 aromatic rings. The van der Waals surface area contributed by atoms with Crippen LogP contribution in [-0.4, -0.2) is 50.6 Å². The summed E-state index contributed by atoms with van der Waals surface area (Å²) in [5.74, 6) is 0.295. The Labute approximate surface area is 214 Å². The van der Waals surface area contributed by atoms with Gasteiger partial charge >= 0.3 is 0 Å². The third kappa shape index (κ3) is 5.26. The molecule has 10 nitrogen and oxygen atoms in total. The number of rotatable bonds is 9. The SMILES string of the molecule is COc1cccc(O)c1-n1c(Cc2ccccc2)nnc1NS(=O)(=O)[C@@H](C)[C@H](C)c1ncc(Cl)cn1. The second kappa shape index (κ2) is 10.5. The van der Waals surface area contributed by atoms with Crippen LogP contribution in [-0.2, 0) is 16.4 Å². The molecular formula is C24H25ClN6O4S. The van der Waals surface area contributed by atoms with Crippen LogP contribution in [0.2, 0.25) is 5.02 Å². The minimum atomic E-state index is -4.00. The highest BCUT2D eigenvalue weighted by Crippen LogP contribution is 2.35. The van der Waals surface area contributed by atoms with Gasteiger partial charge in [0.05, 0.1) is 17.4 Å². The van der Waals surface area contributed by atoms with Crippen molar-refractivity contribution in [3.63, 3.8) is 0 Å². The molecule has 188 valence electrons. The number of methoxy groups -OCH3 is 1. The molecule has 0 amide bonds. The molecule has 2 aromatic carbocycles. The number of benzene rings is 2. The minimum Gasteiger partial charge on any atom is -0.506 e. The summed E-state index contributed by atoms with van der Waals surface area (Å²) in [6, 6.07) is 14.3. The standard InChI is InChI=1S/C24H25ClN6O4S/c1-15(23-26-13-18(25)14-27-23)16(2)36(33,34)30-24-29-28-21(12-17-8-5-4-6-9-17)31(24)22-19(32)10-7-11-20(22)35-3/h4-11,13-16,32H,12H2,1-3H3,(H,29,30)/t15-,16-/m0/s1. The Morgan fingerprint density at radius 2 is 1.75 bits per heavy atom. The molecule has 2 heterocycles. The average molecular weight is 529 g/mol. The lowest BCUT2D eigenvalue weighted by molar-refractivity contribution is 0.404. The van der Waals surface area contributed by atoms with E-state index < -0.39 is 21.2 Å². The number of nitrogens with zero attached hydrogens (tertiary/aromatic N) is 5. The van der Waals surface area contributed by atoms with Crippen LogP contribution in [0.5, 0.6) is 11.5 Å². The second-order valence-electron chi connectivity index (χ2n) is 8.17. The van der Waals surface area contributed by atoms with Crippen LogP contribution < -0.4 is 9.46 Å². The molecule has 36 heavy (non-hydrogen) atoms. The highest BCUT2D eigenvalue weighted by molar-refractivity contribution is 7.93. The number of ether oxygens (including phenoxy) is 1. The number of hydrogen-bond donors (Lipinski definition) is 2. The zero-order valence-electron chi connectivity index (χ0n) is 19.8. The molecule has 12 heteroatoms. The van der Waals surface area contributed by atoms with Crippen LogP contribution in [0.4, 0.5) is 5.95 Å². The topological polar surface area (TPSA) is 132 Å². The number of phenols is 1. The zero-order chi connectivity index (χ0) is 25.9. The number of aromatic nitrogens is 5. The van der Waals surface area contributed by atoms with Crippen molar-refractivity contribution in [1.82, 2.24) is 24.7 Å². The number of hydrogen-bond acceptors (Lipinski definition) is 8. The van der Waals surface area contributed by atoms with Crippen LogP contribution in [0.1, 0.15) is 37.0 Å². The van der Waals surface area contributed by atoms with E-state index >= 15 is 0 Å². The minimum absolute atomic E-state index is 0.0863. The summed E-state index contributed by atoms with van der Waals surface area (Å²) < 4.78 is 36.3. The lowest BCUT2D eigenvalue weighted by atomic mass is 10.1. The summed E-state index contributed by atoms with van der Waals surface area (Å²) in [6.07, 6.45) is 3.17. The van der Waals surface area contributed by atoms with E-state index in [-0.39, 0.29) is 17.4 Å². The van der Waals surface area contributed by atoms with Gasteiger partial charge in [0, 0.05) is 24.7 Å². The molecule has 0 radical (unpaired) electrons. The summed E-state index contributed by atoms with van der Waals surface area (Å²) in [5, 5.41) is 18.5. The molecular weight excluding hydrogens is 504 g/mol. The lowest BCUT2D eigenvalue weighted by Crippen LogP contribution is -2.31. The first kappa shape index (κ1) is 25.4. The van der Waals surface area contributed by atoms with Gasteiger partial charge in [-0.25, -0.2) is 18.4 Å². The van der Waals surface area contributed by atoms with Gasteiger partial charge in [0.2, 0.25) is 16.0 Å². The Morgan fingerprint density at radius 3 is 2.42 bits per heavy atom. The van der Waals surface area contributed by atoms with E-state index in [0.717, 1.165) is 5.56 Å². The van der Waals surface area contributed by atoms with E-state index in [0.29, 0.717) is 28.8 Å². The van der Waals surface area contributed by atoms with Crippen molar-refractivity contribution < 1.29 is 18.3 Å². The van der Waals surface area contributed by atoms with Gasteiger partial charge in [0.1, 0.15) is 28.8 Å². The van der Waals surface area contributed by atoms with E-state index in [9.17, 15) is 13.5 Å². The fourth-order valence-electron chi connectivity index (χ4n) is 3.67. The van der Waals surface area contributed by atoms with Gasteiger partial charge in [-0.1, -0.05) is 54.9 Å². The molecule has 0 saturated heterocycles. The van der Waals surface area contributed by atoms with E-state index in [2.05, 4.69) is 24.9 Å². The highest BCUT2D eigenvalue weighted by atomic mass is 35.5. The molecule has 0 aliphatic carbocycles. The third-order valence-electron chi connectivity index (χ3n) is 5.83. The maximum atomic E-state index is 13.4. The number of halogens is 1. The summed E-state index contributed by atoms with van der Waals surface area (Å²) in [6.45, 7) is 3.27. The van der Waals surface area contributed by atoms with Gasteiger partial charge in [0.25, 0.3) is 0 Å². The van der Waals surface area contributed by atoms with Gasteiger partial charge in [-0.05, 0) is 24.6 Å². The molecule has 0 aliphatic rings. The summed E-state index contributed by atoms with van der Waals surface area (Å²) in [7, 11) is -2.54. The molecule has 0 fully saturated rings. The Bertz CT molecular complexity index is 1450. The molecule has 2 aromatic heterocycles. The fourth-order valence-corrected chi connectivity index (χ4v) is 5.00. The van der Waals surface area contributed by atoms with Crippen molar-refractivity contribution >= 4 is 27.6 Å². The molecule has 0 saturated carbocycles. The van der Waals surface area contributed by atoms with Gasteiger partial charge in [-0.3, -0.25) is 9.29 Å². The molecule has 2 atom stereocenters. The van der Waals surface area contributed by atoms with Gasteiger partial charge < -0.3 is 9.84 Å². The molecule has 0 unspecified atom stereocenters. The van der Waals surface area contributed by atoms with Gasteiger partial charge in [-0.15, -0.1) is 10.2 Å². The van der Waals surface area contributed by atoms with E-state index in [4.69, 9.17) is 16.3 Å². The quantitative estimate of drug-likeness (QED) is 0.334. The first-order valence-corrected chi connectivity index (χ1v) is 13.0. The number of nitrogens with one attached hydrogen (secondary N) is 1. The number of anilines is 1. The van der Waals surface area contributed by atoms with Crippen molar-refractivity contribution in [2.24, 2.45) is 0 Å². The summed E-state index contributed by atoms with van der Waals surface area (Å²) >= 11 is 5.86. The third-order valence-corrected chi connectivity index (χ3v) is 7.88. The van der Waals surface area contributed by atoms with Crippen molar-refractivity contribution in [1.29, 1.82) is 0 Å². The van der Waals surface area contributed by atoms with E-state index in [1.165, 1.54) is 30.1 Å². The first-order valence-electron chi connectivity index (χ1n) is 11.0. The van der Waals surface area contributed by atoms with E-state index in [1.54, 1.807) is 26.0 Å². The first-order chi connectivity index (χ1) is 17.2. The Morgan fingerprint density at radius 1 is 1.06 bits per heavy atom. The Kier molecular flexibility index (Phi) is 7.41. The molecule has 0 bridgehead atoms. The van der Waals surface area contributed by atoms with E-state index in [1.807, 2.05) is 30.3 Å². The Hall–Kier alpha value is -3.70. The van der Waals surface area contributed by atoms with Crippen LogP contribution in [0.15, 0.2) is 60.9 Å². The fraction of sp³-hybridized carbons (Fsp3) is 0.250. The number of sulfonamides is 1. The molecule has 0 aliphatic heterocycles. The highest BCUT2D eigenvalue weighted by Gasteiger charge is 2.32. The predicted octanol–water partition coefficient (Wildman–Crippen LogP) is 3.95. The van der Waals surface area contributed by atoms with Crippen molar-refractivity contribution in [2.75, 3.05) is 11.8 Å². The number of phenolic OH excluding ortho intramolecular Hbond substituents is 1. The molecule has 2 N–H and O–H groups in total. The van der Waals surface area contributed by atoms with Crippen LogP contribution in [0, 0.1) is 0 Å². The lowest BCUT2D eigenvalue weighted by Gasteiger charge is -2.21. The number of para-hydroxylation sites is 1. The van der Waals surface area contributed by atoms with Gasteiger partial charge in [-0.2, -0.15) is 0 Å². The smallest absolute Gasteiger partial charge is 0.243 e. The molecule has 4 rings (SSSR count). The summed E-state index contributed by atoms with van der Waals surface area (Å²) in [4.78, 5) is 8.30. The normalized spacial score (nSPS) is 13.2. The largest absolute Gasteiger partial charge is 0.506 e. The van der Waals surface area contributed by atoms with Gasteiger partial charge in [0.15, 0.2) is 0 Å². The second-order valence-corrected chi connectivity index (χ2v) is 10.6. The van der Waals surface area contributed by atoms with Crippen molar-refractivity contribution in [2.45, 2.75) is 31.4 Å². The monoisotopic (exact) mass is 528 g/mol. The predicted molar refractivity (Wildman–Crippen MR) is 136 cm³/mol. The van der Waals surface area contributed by atoms with Crippen LogP contribution in [0.3, 0.4) is 0 Å². The summed E-state index contributed by atoms with van der Waals surface area (Å²) in [5.41, 5.74) is 1.15. The maximum Gasteiger partial charge on any atom is 0.243 e. The Balaban J connectivity index is 1.75. The average Bonchev–Trinajstić information content (AvgIpc) is 3.24. The zero-order valence-corrected chi connectivity index (χ0v) is 21.4. The van der Waals surface area contributed by atoms with Crippen molar-refractivity contribution in [3.8, 4) is 17.2 Å². The van der Waals surface area contributed by atoms with Crippen LogP contribution >= 0.6 is 11.6 Å². The number of aromatic hydroxyl groups is 1. The molecule has 0 spiro atoms.